The molecule has 0 saturated heterocycles. The first-order valence-electron chi connectivity index (χ1n) is 7.74. The molecule has 2 N–H and O–H groups in total. The molecule has 2 aromatic rings. The topological polar surface area (TPSA) is 24.1 Å². The van der Waals surface area contributed by atoms with Gasteiger partial charge in [0.2, 0.25) is 0 Å². The Kier molecular flexibility index (Phi) is 6.67. The van der Waals surface area contributed by atoms with Crippen molar-refractivity contribution in [3.63, 3.8) is 0 Å². The zero-order valence-electron chi connectivity index (χ0n) is 13.5. The zero-order chi connectivity index (χ0) is 18.4. The lowest BCUT2D eigenvalue weighted by Gasteiger charge is -2.18. The summed E-state index contributed by atoms with van der Waals surface area (Å²) >= 11 is 10.8. The van der Waals surface area contributed by atoms with Crippen molar-refractivity contribution in [3.05, 3.63) is 64.7 Å². The van der Waals surface area contributed by atoms with Crippen LogP contribution in [0.5, 0.6) is 0 Å². The van der Waals surface area contributed by atoms with E-state index in [2.05, 4.69) is 22.8 Å². The predicted molar refractivity (Wildman–Crippen MR) is 100 cm³/mol. The van der Waals surface area contributed by atoms with E-state index >= 15 is 0 Å². The molecule has 0 fully saturated rings. The molecule has 0 radical (unpaired) electrons. The van der Waals surface area contributed by atoms with Crippen molar-refractivity contribution in [2.24, 2.45) is 0 Å². The van der Waals surface area contributed by atoms with E-state index in [4.69, 9.17) is 23.8 Å². The summed E-state index contributed by atoms with van der Waals surface area (Å²) in [6, 6.07) is 13.7. The molecule has 0 spiro atoms. The maximum Gasteiger partial charge on any atom is 0.417 e. The van der Waals surface area contributed by atoms with Crippen LogP contribution in [0.15, 0.2) is 48.5 Å². The number of alkyl halides is 3. The van der Waals surface area contributed by atoms with Crippen molar-refractivity contribution in [1.82, 2.24) is 5.32 Å². The SMILES string of the molecule is C[C@H](CCc1ccccc1)NC(=S)Nc1ccc(Cl)c(C(F)(F)F)c1. The van der Waals surface area contributed by atoms with Gasteiger partial charge in [0.15, 0.2) is 5.11 Å². The highest BCUT2D eigenvalue weighted by Gasteiger charge is 2.33. The standard InChI is InChI=1S/C18H18ClF3N2S/c1-12(7-8-13-5-3-2-4-6-13)23-17(25)24-14-9-10-16(19)15(11-14)18(20,21)22/h2-6,9-12H,7-8H2,1H3,(H2,23,24,25)/t12-/m1/s1. The van der Waals surface area contributed by atoms with E-state index in [0.717, 1.165) is 18.9 Å². The van der Waals surface area contributed by atoms with Crippen molar-refractivity contribution < 1.29 is 13.2 Å². The molecule has 0 heterocycles. The lowest BCUT2D eigenvalue weighted by atomic mass is 10.1. The first-order chi connectivity index (χ1) is 11.8. The first kappa shape index (κ1) is 19.5. The Bertz CT molecular complexity index is 720. The molecule has 0 unspecified atom stereocenters. The monoisotopic (exact) mass is 386 g/mol. The fourth-order valence-electron chi connectivity index (χ4n) is 2.31. The van der Waals surface area contributed by atoms with Crippen LogP contribution in [0.25, 0.3) is 0 Å². The molecule has 2 aromatic carbocycles. The van der Waals surface area contributed by atoms with E-state index in [1.807, 2.05) is 25.1 Å². The zero-order valence-corrected chi connectivity index (χ0v) is 15.1. The number of aryl methyl sites for hydroxylation is 1. The largest absolute Gasteiger partial charge is 0.417 e. The Labute approximate surface area is 155 Å². The Morgan fingerprint density at radius 1 is 1.16 bits per heavy atom. The van der Waals surface area contributed by atoms with Gasteiger partial charge < -0.3 is 10.6 Å². The molecule has 0 aliphatic heterocycles. The smallest absolute Gasteiger partial charge is 0.360 e. The molecular formula is C18H18ClF3N2S. The van der Waals surface area contributed by atoms with Gasteiger partial charge in [0.25, 0.3) is 0 Å². The summed E-state index contributed by atoms with van der Waals surface area (Å²) in [5.41, 5.74) is 0.575. The molecule has 25 heavy (non-hydrogen) atoms. The summed E-state index contributed by atoms with van der Waals surface area (Å²) in [6.07, 6.45) is -2.77. The molecule has 0 aliphatic rings. The average Bonchev–Trinajstić information content (AvgIpc) is 2.54. The van der Waals surface area contributed by atoms with Crippen LogP contribution in [0, 0.1) is 0 Å². The van der Waals surface area contributed by atoms with Crippen LogP contribution in [-0.2, 0) is 12.6 Å². The maximum atomic E-state index is 12.9. The Morgan fingerprint density at radius 3 is 2.48 bits per heavy atom. The summed E-state index contributed by atoms with van der Waals surface area (Å²) in [4.78, 5) is 0. The van der Waals surface area contributed by atoms with Crippen molar-refractivity contribution in [2.45, 2.75) is 32.0 Å². The minimum absolute atomic E-state index is 0.0783. The number of halogens is 4. The Morgan fingerprint density at radius 2 is 1.84 bits per heavy atom. The Hall–Kier alpha value is -1.79. The van der Waals surface area contributed by atoms with Gasteiger partial charge in [-0.25, -0.2) is 0 Å². The molecule has 0 bridgehead atoms. The van der Waals surface area contributed by atoms with Crippen LogP contribution >= 0.6 is 23.8 Å². The molecule has 0 aliphatic carbocycles. The van der Waals surface area contributed by atoms with Crippen molar-refractivity contribution in [3.8, 4) is 0 Å². The van der Waals surface area contributed by atoms with Crippen molar-refractivity contribution in [2.75, 3.05) is 5.32 Å². The van der Waals surface area contributed by atoms with E-state index in [9.17, 15) is 13.2 Å². The molecule has 0 amide bonds. The lowest BCUT2D eigenvalue weighted by molar-refractivity contribution is -0.137. The molecule has 2 nitrogen and oxygen atoms in total. The Balaban J connectivity index is 1.89. The van der Waals surface area contributed by atoms with Crippen molar-refractivity contribution >= 4 is 34.6 Å². The van der Waals surface area contributed by atoms with Crippen molar-refractivity contribution in [1.29, 1.82) is 0 Å². The molecule has 0 saturated carbocycles. The lowest BCUT2D eigenvalue weighted by Crippen LogP contribution is -2.36. The van der Waals surface area contributed by atoms with Crippen LogP contribution in [-0.4, -0.2) is 11.2 Å². The van der Waals surface area contributed by atoms with E-state index < -0.39 is 11.7 Å². The molecule has 2 rings (SSSR count). The molecular weight excluding hydrogens is 369 g/mol. The van der Waals surface area contributed by atoms with Crippen LogP contribution in [0.1, 0.15) is 24.5 Å². The molecule has 7 heteroatoms. The third-order valence-electron chi connectivity index (χ3n) is 3.62. The van der Waals surface area contributed by atoms with E-state index in [1.54, 1.807) is 0 Å². The minimum atomic E-state index is -4.51. The second-order valence-corrected chi connectivity index (χ2v) is 6.53. The average molecular weight is 387 g/mol. The van der Waals surface area contributed by atoms with Gasteiger partial charge in [-0.15, -0.1) is 0 Å². The van der Waals surface area contributed by atoms with Crippen LogP contribution in [0.2, 0.25) is 5.02 Å². The number of benzene rings is 2. The summed E-state index contributed by atoms with van der Waals surface area (Å²) < 4.78 is 38.6. The second-order valence-electron chi connectivity index (χ2n) is 5.72. The highest BCUT2D eigenvalue weighted by Crippen LogP contribution is 2.36. The van der Waals surface area contributed by atoms with E-state index in [0.29, 0.717) is 0 Å². The quantitative estimate of drug-likeness (QED) is 0.648. The van der Waals surface area contributed by atoms with Crippen LogP contribution in [0.3, 0.4) is 0 Å². The third kappa shape index (κ3) is 6.21. The van der Waals surface area contributed by atoms with Gasteiger partial charge in [-0.1, -0.05) is 41.9 Å². The number of thiocarbonyl (C=S) groups is 1. The van der Waals surface area contributed by atoms with E-state index in [1.165, 1.54) is 17.7 Å². The molecule has 134 valence electrons. The van der Waals surface area contributed by atoms with Gasteiger partial charge in [-0.2, -0.15) is 13.2 Å². The summed E-state index contributed by atoms with van der Waals surface area (Å²) in [5, 5.41) is 5.78. The van der Waals surface area contributed by atoms with Gasteiger partial charge in [0.05, 0.1) is 10.6 Å². The highest BCUT2D eigenvalue weighted by atomic mass is 35.5. The number of rotatable bonds is 5. The number of nitrogens with one attached hydrogen (secondary N) is 2. The van der Waals surface area contributed by atoms with E-state index in [-0.39, 0.29) is 21.9 Å². The fraction of sp³-hybridized carbons (Fsp3) is 0.278. The fourth-order valence-corrected chi connectivity index (χ4v) is 2.85. The predicted octanol–water partition coefficient (Wildman–Crippen LogP) is 5.67. The summed E-state index contributed by atoms with van der Waals surface area (Å²) in [7, 11) is 0. The van der Waals surface area contributed by atoms with Crippen LogP contribution in [0.4, 0.5) is 18.9 Å². The normalized spacial score (nSPS) is 12.5. The summed E-state index contributed by atoms with van der Waals surface area (Å²) in [5.74, 6) is 0. The van der Waals surface area contributed by atoms with Gasteiger partial charge in [-0.3, -0.25) is 0 Å². The maximum absolute atomic E-state index is 12.9. The minimum Gasteiger partial charge on any atom is -0.360 e. The highest BCUT2D eigenvalue weighted by molar-refractivity contribution is 7.80. The molecule has 1 atom stereocenters. The third-order valence-corrected chi connectivity index (χ3v) is 4.17. The number of hydrogen-bond acceptors (Lipinski definition) is 1. The summed E-state index contributed by atoms with van der Waals surface area (Å²) in [6.45, 7) is 1.97. The van der Waals surface area contributed by atoms with Gasteiger partial charge in [0, 0.05) is 11.7 Å². The van der Waals surface area contributed by atoms with Crippen LogP contribution < -0.4 is 10.6 Å². The van der Waals surface area contributed by atoms with Gasteiger partial charge in [-0.05, 0) is 55.7 Å². The van der Waals surface area contributed by atoms with Gasteiger partial charge >= 0.3 is 6.18 Å². The number of hydrogen-bond donors (Lipinski definition) is 2. The molecule has 0 aromatic heterocycles. The second kappa shape index (κ2) is 8.54. The van der Waals surface area contributed by atoms with Gasteiger partial charge in [0.1, 0.15) is 0 Å². The first-order valence-corrected chi connectivity index (χ1v) is 8.52. The number of anilines is 1.